The van der Waals surface area contributed by atoms with Crippen molar-refractivity contribution in [3.05, 3.63) is 41.3 Å². The maximum absolute atomic E-state index is 13.2. The number of aryl methyl sites for hydroxylation is 2. The van der Waals surface area contributed by atoms with Gasteiger partial charge in [-0.15, -0.1) is 0 Å². The molecule has 2 aliphatic rings. The molecule has 164 valence electrons. The van der Waals surface area contributed by atoms with Crippen LogP contribution in [-0.4, -0.2) is 87.8 Å². The summed E-state index contributed by atoms with van der Waals surface area (Å²) in [4.78, 5) is 52.2. The maximum Gasteiger partial charge on any atom is 0.274 e. The maximum atomic E-state index is 13.2. The topological polar surface area (TPSA) is 113 Å². The van der Waals surface area contributed by atoms with Crippen LogP contribution in [0.1, 0.15) is 27.5 Å². The second-order valence-corrected chi connectivity index (χ2v) is 8.58. The van der Waals surface area contributed by atoms with E-state index >= 15 is 0 Å². The average molecular weight is 426 g/mol. The molecular weight excluding hydrogens is 400 g/mol. The largest absolute Gasteiger partial charge is 0.361 e. The predicted molar refractivity (Wildman–Crippen MR) is 109 cm³/mol. The molecular formula is C21H26N6O4. The van der Waals surface area contributed by atoms with Gasteiger partial charge in [0.25, 0.3) is 5.91 Å². The summed E-state index contributed by atoms with van der Waals surface area (Å²) in [6.45, 7) is 4.94. The molecule has 0 N–H and O–H groups in total. The van der Waals surface area contributed by atoms with E-state index in [2.05, 4.69) is 15.1 Å². The van der Waals surface area contributed by atoms with Gasteiger partial charge < -0.3 is 19.2 Å². The van der Waals surface area contributed by atoms with Crippen molar-refractivity contribution in [2.75, 3.05) is 40.3 Å². The third kappa shape index (κ3) is 3.55. The van der Waals surface area contributed by atoms with Gasteiger partial charge in [-0.2, -0.15) is 0 Å². The van der Waals surface area contributed by atoms with Crippen molar-refractivity contribution in [3.63, 3.8) is 0 Å². The fraction of sp³-hybridized carbons (Fsp3) is 0.524. The Labute approximate surface area is 180 Å². The number of carbonyl (C=O) groups is 3. The Kier molecular flexibility index (Phi) is 5.24. The van der Waals surface area contributed by atoms with Gasteiger partial charge in [-0.3, -0.25) is 19.4 Å². The van der Waals surface area contributed by atoms with Crippen molar-refractivity contribution in [2.24, 2.45) is 11.3 Å². The van der Waals surface area contributed by atoms with E-state index in [9.17, 15) is 14.4 Å². The van der Waals surface area contributed by atoms with Crippen molar-refractivity contribution in [3.8, 4) is 0 Å². The highest BCUT2D eigenvalue weighted by atomic mass is 16.5. The molecule has 2 saturated heterocycles. The zero-order valence-electron chi connectivity index (χ0n) is 18.2. The van der Waals surface area contributed by atoms with E-state index in [1.54, 1.807) is 35.7 Å². The lowest BCUT2D eigenvalue weighted by molar-refractivity contribution is -0.140. The highest BCUT2D eigenvalue weighted by Gasteiger charge is 2.59. The molecule has 31 heavy (non-hydrogen) atoms. The first-order valence-electron chi connectivity index (χ1n) is 10.2. The summed E-state index contributed by atoms with van der Waals surface area (Å²) in [5.41, 5.74) is 0.913. The van der Waals surface area contributed by atoms with Crippen molar-refractivity contribution >= 4 is 17.7 Å². The van der Waals surface area contributed by atoms with Crippen LogP contribution < -0.4 is 0 Å². The zero-order valence-corrected chi connectivity index (χ0v) is 18.2. The highest BCUT2D eigenvalue weighted by molar-refractivity contribution is 5.94. The van der Waals surface area contributed by atoms with Crippen molar-refractivity contribution in [1.82, 2.24) is 29.8 Å². The average Bonchev–Trinajstić information content (AvgIpc) is 3.39. The molecule has 2 aromatic heterocycles. The van der Waals surface area contributed by atoms with Crippen LogP contribution in [0, 0.1) is 25.2 Å². The Balaban J connectivity index is 1.55. The van der Waals surface area contributed by atoms with Crippen LogP contribution in [0.2, 0.25) is 0 Å². The molecule has 2 atom stereocenters. The molecule has 2 aromatic rings. The Morgan fingerprint density at radius 3 is 2.48 bits per heavy atom. The number of aromatic nitrogens is 3. The lowest BCUT2D eigenvalue weighted by atomic mass is 9.80. The molecule has 3 amide bonds. The second kappa shape index (κ2) is 7.75. The second-order valence-electron chi connectivity index (χ2n) is 8.58. The fourth-order valence-corrected chi connectivity index (χ4v) is 4.75. The summed E-state index contributed by atoms with van der Waals surface area (Å²) in [7, 11) is 3.41. The molecule has 0 radical (unpaired) electrons. The molecule has 4 heterocycles. The van der Waals surface area contributed by atoms with E-state index in [4.69, 9.17) is 4.52 Å². The summed E-state index contributed by atoms with van der Waals surface area (Å²) >= 11 is 0. The van der Waals surface area contributed by atoms with Gasteiger partial charge in [0.2, 0.25) is 11.8 Å². The molecule has 0 bridgehead atoms. The summed E-state index contributed by atoms with van der Waals surface area (Å²) in [5, 5.41) is 3.91. The predicted octanol–water partition coefficient (Wildman–Crippen LogP) is 0.313. The molecule has 0 aromatic carbocycles. The lowest BCUT2D eigenvalue weighted by Gasteiger charge is -2.30. The highest BCUT2D eigenvalue weighted by Crippen LogP contribution is 2.44. The zero-order chi connectivity index (χ0) is 22.3. The number of amides is 3. The minimum Gasteiger partial charge on any atom is -0.361 e. The van der Waals surface area contributed by atoms with Crippen molar-refractivity contribution < 1.29 is 18.9 Å². The number of fused-ring (bicyclic) bond motifs is 1. The molecule has 10 nitrogen and oxygen atoms in total. The Morgan fingerprint density at radius 2 is 1.87 bits per heavy atom. The fourth-order valence-electron chi connectivity index (χ4n) is 4.75. The van der Waals surface area contributed by atoms with E-state index < -0.39 is 5.41 Å². The molecule has 2 fully saturated rings. The number of rotatable bonds is 4. The Bertz CT molecular complexity index is 1000. The van der Waals surface area contributed by atoms with Gasteiger partial charge in [0.1, 0.15) is 11.5 Å². The van der Waals surface area contributed by atoms with Crippen LogP contribution in [-0.2, 0) is 16.0 Å². The van der Waals surface area contributed by atoms with Crippen molar-refractivity contribution in [1.29, 1.82) is 0 Å². The van der Waals surface area contributed by atoms with Gasteiger partial charge in [-0.1, -0.05) is 5.16 Å². The van der Waals surface area contributed by atoms with Crippen LogP contribution in [0.3, 0.4) is 0 Å². The number of likely N-dealkylation sites (tertiary alicyclic amines) is 2. The minimum atomic E-state index is -0.824. The number of nitrogens with zero attached hydrogens (tertiary/aromatic N) is 6. The Morgan fingerprint density at radius 1 is 1.16 bits per heavy atom. The van der Waals surface area contributed by atoms with Crippen LogP contribution in [0.4, 0.5) is 0 Å². The molecule has 0 spiro atoms. The van der Waals surface area contributed by atoms with Gasteiger partial charge in [-0.25, -0.2) is 4.98 Å². The number of carbonyl (C=O) groups excluding carboxylic acids is 3. The van der Waals surface area contributed by atoms with Gasteiger partial charge >= 0.3 is 0 Å². The smallest absolute Gasteiger partial charge is 0.274 e. The van der Waals surface area contributed by atoms with E-state index in [0.717, 1.165) is 5.56 Å². The van der Waals surface area contributed by atoms with Crippen LogP contribution in [0.15, 0.2) is 23.1 Å². The van der Waals surface area contributed by atoms with Gasteiger partial charge in [0.15, 0.2) is 0 Å². The molecule has 2 aliphatic heterocycles. The molecule has 4 rings (SSSR count). The lowest BCUT2D eigenvalue weighted by Crippen LogP contribution is -2.48. The summed E-state index contributed by atoms with van der Waals surface area (Å²) < 4.78 is 5.17. The number of hydrogen-bond acceptors (Lipinski definition) is 7. The van der Waals surface area contributed by atoms with Gasteiger partial charge in [-0.05, 0) is 13.8 Å². The van der Waals surface area contributed by atoms with E-state index in [0.29, 0.717) is 24.5 Å². The van der Waals surface area contributed by atoms with Crippen molar-refractivity contribution in [2.45, 2.75) is 20.3 Å². The molecule has 0 unspecified atom stereocenters. The van der Waals surface area contributed by atoms with Gasteiger partial charge in [0, 0.05) is 64.1 Å². The SMILES string of the molecule is Cc1noc(C)c1CC(=O)N1C[C@@H]2CN(C(=O)c3cnccn3)C[C@]2(C(=O)N(C)C)C1. The first-order valence-corrected chi connectivity index (χ1v) is 10.2. The van der Waals surface area contributed by atoms with Crippen LogP contribution in [0.25, 0.3) is 0 Å². The molecule has 0 saturated carbocycles. The quantitative estimate of drug-likeness (QED) is 0.692. The standard InChI is InChI=1S/C21H26N6O4/c1-13-16(14(2)31-24-13)7-18(28)26-9-15-10-27(19(29)17-8-22-5-6-23-17)12-21(15,11-26)20(30)25(3)4/h5-6,8,15H,7,9-12H2,1-4H3/t15-,21-/m1/s1. The first kappa shape index (κ1) is 21.0. The summed E-state index contributed by atoms with van der Waals surface area (Å²) in [6, 6.07) is 0. The van der Waals surface area contributed by atoms with Crippen LogP contribution >= 0.6 is 0 Å². The van der Waals surface area contributed by atoms with Crippen LogP contribution in [0.5, 0.6) is 0 Å². The Hall–Kier alpha value is -3.30. The minimum absolute atomic E-state index is 0.0680. The summed E-state index contributed by atoms with van der Waals surface area (Å²) in [5.74, 6) is 0.102. The van der Waals surface area contributed by atoms with E-state index in [1.807, 2.05) is 6.92 Å². The monoisotopic (exact) mass is 426 g/mol. The van der Waals surface area contributed by atoms with Gasteiger partial charge in [0.05, 0.1) is 23.7 Å². The third-order valence-corrected chi connectivity index (χ3v) is 6.37. The molecule has 10 heteroatoms. The summed E-state index contributed by atoms with van der Waals surface area (Å²) in [6.07, 6.45) is 4.59. The van der Waals surface area contributed by atoms with E-state index in [1.165, 1.54) is 18.6 Å². The molecule has 0 aliphatic carbocycles. The number of hydrogen-bond donors (Lipinski definition) is 0. The normalized spacial score (nSPS) is 22.5. The first-order chi connectivity index (χ1) is 14.7. The van der Waals surface area contributed by atoms with E-state index in [-0.39, 0.29) is 48.8 Å². The third-order valence-electron chi connectivity index (χ3n) is 6.37.